The lowest BCUT2D eigenvalue weighted by Gasteiger charge is -2.08. The minimum absolute atomic E-state index is 0.120. The van der Waals surface area contributed by atoms with Crippen molar-refractivity contribution in [2.24, 2.45) is 0 Å². The highest BCUT2D eigenvalue weighted by atomic mass is 35.5. The van der Waals surface area contributed by atoms with Crippen LogP contribution in [0.15, 0.2) is 0 Å². The van der Waals surface area contributed by atoms with Gasteiger partial charge in [0, 0.05) is 0 Å². The summed E-state index contributed by atoms with van der Waals surface area (Å²) in [4.78, 5) is 11.1. The van der Waals surface area contributed by atoms with Gasteiger partial charge in [-0.25, -0.2) is 0 Å². The summed E-state index contributed by atoms with van der Waals surface area (Å²) in [5, 5.41) is 39.0. The maximum absolute atomic E-state index is 8.61. The monoisotopic (exact) mass is 273 g/mol. The van der Waals surface area contributed by atoms with Crippen molar-refractivity contribution < 1.29 is 0 Å². The minimum Gasteiger partial charge on any atom is -0.327 e. The molecule has 0 bridgehead atoms. The predicted molar refractivity (Wildman–Crippen MR) is 62.1 cm³/mol. The Bertz CT molecular complexity index is 549. The molecule has 0 amide bonds. The van der Waals surface area contributed by atoms with Crippen molar-refractivity contribution in [2.75, 3.05) is 10.6 Å². The first kappa shape index (κ1) is 13.9. The summed E-state index contributed by atoms with van der Waals surface area (Å²) in [5.41, 5.74) is 0. The molecule has 0 unspecified atom stereocenters. The molecular weight excluding hydrogens is 270 g/mol. The first-order chi connectivity index (χ1) is 9.12. The molecule has 0 saturated carbocycles. The molecule has 0 aliphatic heterocycles. The number of nitrogens with zero attached hydrogens (tertiary/aromatic N) is 7. The second-order valence-corrected chi connectivity index (χ2v) is 3.26. The van der Waals surface area contributed by atoms with Gasteiger partial charge in [0.2, 0.25) is 29.3 Å². The topological polar surface area (TPSA) is 158 Å². The predicted octanol–water partition coefficient (Wildman–Crippen LogP) is 0.180. The van der Waals surface area contributed by atoms with E-state index < -0.39 is 12.1 Å². The number of rotatable bonds is 4. The summed E-state index contributed by atoms with van der Waals surface area (Å²) in [7, 11) is 0. The number of anilines is 2. The summed E-state index contributed by atoms with van der Waals surface area (Å²) in [5.74, 6) is -0.240. The summed E-state index contributed by atoms with van der Waals surface area (Å²) in [6, 6.07) is 4.33. The van der Waals surface area contributed by atoms with E-state index in [1.807, 2.05) is 0 Å². The van der Waals surface area contributed by atoms with Crippen molar-refractivity contribution in [2.45, 2.75) is 12.1 Å². The van der Waals surface area contributed by atoms with Crippen LogP contribution in [0.4, 0.5) is 11.9 Å². The highest BCUT2D eigenvalue weighted by Gasteiger charge is 2.12. The van der Waals surface area contributed by atoms with Gasteiger partial charge in [-0.2, -0.15) is 36.0 Å². The Balaban J connectivity index is 2.96. The fourth-order valence-electron chi connectivity index (χ4n) is 0.924. The SMILES string of the molecule is N#CC(C#N)Nc1nc(Cl)nc(NC(C#N)C#N)n1. The van der Waals surface area contributed by atoms with E-state index >= 15 is 0 Å². The van der Waals surface area contributed by atoms with Crippen LogP contribution in [0.3, 0.4) is 0 Å². The molecule has 1 rings (SSSR count). The zero-order chi connectivity index (χ0) is 14.3. The van der Waals surface area contributed by atoms with Gasteiger partial charge in [-0.1, -0.05) is 0 Å². The molecule has 0 aromatic carbocycles. The lowest BCUT2D eigenvalue weighted by molar-refractivity contribution is 0.972. The van der Waals surface area contributed by atoms with Gasteiger partial charge in [0.1, 0.15) is 24.3 Å². The first-order valence-corrected chi connectivity index (χ1v) is 5.04. The van der Waals surface area contributed by atoms with Gasteiger partial charge >= 0.3 is 0 Å². The van der Waals surface area contributed by atoms with Gasteiger partial charge in [0.05, 0.1) is 0 Å². The zero-order valence-corrected chi connectivity index (χ0v) is 9.92. The molecule has 1 aromatic rings. The van der Waals surface area contributed by atoms with E-state index in [0.717, 1.165) is 0 Å². The average Bonchev–Trinajstić information content (AvgIpc) is 2.41. The quantitative estimate of drug-likeness (QED) is 0.780. The zero-order valence-electron chi connectivity index (χ0n) is 9.16. The Morgan fingerprint density at radius 2 is 1.16 bits per heavy atom. The summed E-state index contributed by atoms with van der Waals surface area (Å²) >= 11 is 5.62. The lowest BCUT2D eigenvalue weighted by Crippen LogP contribution is -2.20. The number of nitrogens with one attached hydrogen (secondary N) is 2. The molecule has 19 heavy (non-hydrogen) atoms. The van der Waals surface area contributed by atoms with Crippen LogP contribution in [-0.4, -0.2) is 27.0 Å². The number of hydrogen-bond donors (Lipinski definition) is 2. The average molecular weight is 274 g/mol. The standard InChI is InChI=1S/C9H4ClN9/c10-7-17-8(15-5(1-11)2-12)19-9(18-7)16-6(3-13)4-14/h5-6H,(H2,15,16,17,18,19). The van der Waals surface area contributed by atoms with Gasteiger partial charge in [-0.15, -0.1) is 0 Å². The molecule has 92 valence electrons. The van der Waals surface area contributed by atoms with Crippen molar-refractivity contribution in [3.63, 3.8) is 0 Å². The minimum atomic E-state index is -1.16. The molecular formula is C9H4ClN9. The van der Waals surface area contributed by atoms with Crippen LogP contribution < -0.4 is 10.6 Å². The van der Waals surface area contributed by atoms with Gasteiger partial charge in [-0.05, 0) is 11.6 Å². The van der Waals surface area contributed by atoms with Crippen LogP contribution in [0.5, 0.6) is 0 Å². The van der Waals surface area contributed by atoms with E-state index in [-0.39, 0.29) is 17.2 Å². The number of aromatic nitrogens is 3. The van der Waals surface area contributed by atoms with Crippen molar-refractivity contribution in [3.05, 3.63) is 5.28 Å². The lowest BCUT2D eigenvalue weighted by atomic mass is 10.4. The normalized spacial score (nSPS) is 9.00. The number of halogens is 1. The van der Waals surface area contributed by atoms with Crippen LogP contribution in [0.2, 0.25) is 5.28 Å². The van der Waals surface area contributed by atoms with Crippen LogP contribution in [0.1, 0.15) is 0 Å². The Morgan fingerprint density at radius 3 is 1.47 bits per heavy atom. The Morgan fingerprint density at radius 1 is 0.789 bits per heavy atom. The first-order valence-electron chi connectivity index (χ1n) is 4.66. The fourth-order valence-corrected chi connectivity index (χ4v) is 1.08. The summed E-state index contributed by atoms with van der Waals surface area (Å²) < 4.78 is 0. The second kappa shape index (κ2) is 6.56. The van der Waals surface area contributed by atoms with Crippen LogP contribution in [0, 0.1) is 45.3 Å². The van der Waals surface area contributed by atoms with Gasteiger partial charge in [0.25, 0.3) is 0 Å². The van der Waals surface area contributed by atoms with E-state index in [0.29, 0.717) is 0 Å². The molecule has 2 N–H and O–H groups in total. The van der Waals surface area contributed by atoms with Crippen molar-refractivity contribution in [3.8, 4) is 24.3 Å². The van der Waals surface area contributed by atoms with Crippen molar-refractivity contribution >= 4 is 23.5 Å². The Kier molecular flexibility index (Phi) is 4.81. The Labute approximate surface area is 112 Å². The molecule has 0 aliphatic rings. The summed E-state index contributed by atoms with van der Waals surface area (Å²) in [6.07, 6.45) is 0. The highest BCUT2D eigenvalue weighted by molar-refractivity contribution is 6.28. The molecule has 10 heteroatoms. The molecule has 0 aliphatic carbocycles. The van der Waals surface area contributed by atoms with Crippen molar-refractivity contribution in [1.29, 1.82) is 21.0 Å². The molecule has 1 aromatic heterocycles. The third kappa shape index (κ3) is 3.98. The highest BCUT2D eigenvalue weighted by Crippen LogP contribution is 2.11. The van der Waals surface area contributed by atoms with E-state index in [1.165, 1.54) is 0 Å². The molecule has 0 atom stereocenters. The van der Waals surface area contributed by atoms with E-state index in [9.17, 15) is 0 Å². The maximum Gasteiger partial charge on any atom is 0.230 e. The molecule has 0 spiro atoms. The van der Waals surface area contributed by atoms with Gasteiger partial charge in [0.15, 0.2) is 0 Å². The maximum atomic E-state index is 8.61. The third-order valence-corrected chi connectivity index (χ3v) is 1.84. The Hall–Kier alpha value is -3.14. The fraction of sp³-hybridized carbons (Fsp3) is 0.222. The van der Waals surface area contributed by atoms with Gasteiger partial charge < -0.3 is 10.6 Å². The van der Waals surface area contributed by atoms with Crippen LogP contribution >= 0.6 is 11.6 Å². The van der Waals surface area contributed by atoms with E-state index in [1.54, 1.807) is 24.3 Å². The third-order valence-electron chi connectivity index (χ3n) is 1.67. The largest absolute Gasteiger partial charge is 0.327 e. The molecule has 1 heterocycles. The van der Waals surface area contributed by atoms with Gasteiger partial charge in [-0.3, -0.25) is 0 Å². The van der Waals surface area contributed by atoms with E-state index in [2.05, 4.69) is 25.6 Å². The second-order valence-electron chi connectivity index (χ2n) is 2.92. The van der Waals surface area contributed by atoms with Crippen molar-refractivity contribution in [1.82, 2.24) is 15.0 Å². The molecule has 0 fully saturated rings. The van der Waals surface area contributed by atoms with Crippen LogP contribution in [0.25, 0.3) is 0 Å². The molecule has 0 radical (unpaired) electrons. The van der Waals surface area contributed by atoms with Crippen LogP contribution in [-0.2, 0) is 0 Å². The number of nitriles is 4. The molecule has 9 nitrogen and oxygen atoms in total. The summed E-state index contributed by atoms with van der Waals surface area (Å²) in [6.45, 7) is 0. The smallest absolute Gasteiger partial charge is 0.230 e. The number of hydrogen-bond acceptors (Lipinski definition) is 9. The molecule has 0 saturated heterocycles. The van der Waals surface area contributed by atoms with E-state index in [4.69, 9.17) is 32.6 Å².